The fraction of sp³-hybridized carbons (Fsp3) is 0.150. The van der Waals surface area contributed by atoms with E-state index in [-0.39, 0.29) is 22.6 Å². The van der Waals surface area contributed by atoms with Crippen molar-refractivity contribution in [2.24, 2.45) is 0 Å². The maximum absolute atomic E-state index is 12.5. The van der Waals surface area contributed by atoms with Gasteiger partial charge in [0.15, 0.2) is 0 Å². The number of carbonyl (C=O) groups is 3. The Bertz CT molecular complexity index is 1070. The summed E-state index contributed by atoms with van der Waals surface area (Å²) in [4.78, 5) is 42.3. The van der Waals surface area contributed by atoms with Crippen molar-refractivity contribution in [2.45, 2.75) is 6.42 Å². The van der Waals surface area contributed by atoms with E-state index in [1.165, 1.54) is 24.3 Å². The molecule has 0 radical (unpaired) electrons. The Morgan fingerprint density at radius 1 is 1.03 bits per heavy atom. The summed E-state index contributed by atoms with van der Waals surface area (Å²) in [5.74, 6) is -1.60. The number of ether oxygens (including phenoxy) is 1. The number of benzene rings is 2. The predicted octanol–water partition coefficient (Wildman–Crippen LogP) is 2.29. The molecule has 0 saturated carbocycles. The fourth-order valence-corrected chi connectivity index (χ4v) is 2.83. The van der Waals surface area contributed by atoms with Crippen molar-refractivity contribution < 1.29 is 28.4 Å². The molecule has 0 N–H and O–H groups in total. The lowest BCUT2D eigenvalue weighted by molar-refractivity contribution is -0.0584. The van der Waals surface area contributed by atoms with Gasteiger partial charge in [0.1, 0.15) is 0 Å². The van der Waals surface area contributed by atoms with Crippen LogP contribution in [0.3, 0.4) is 0 Å². The summed E-state index contributed by atoms with van der Waals surface area (Å²) in [6, 6.07) is 12.5. The van der Waals surface area contributed by atoms with Gasteiger partial charge in [0.05, 0.1) is 23.3 Å². The number of aromatic nitrogens is 2. The van der Waals surface area contributed by atoms with E-state index in [9.17, 15) is 14.4 Å². The van der Waals surface area contributed by atoms with Crippen LogP contribution in [0.15, 0.2) is 52.9 Å². The molecule has 9 nitrogen and oxygen atoms in total. The third kappa shape index (κ3) is 3.50. The van der Waals surface area contributed by atoms with Crippen molar-refractivity contribution in [3.05, 3.63) is 71.1 Å². The minimum Gasteiger partial charge on any atom is -0.421 e. The Kier molecular flexibility index (Phi) is 4.88. The summed E-state index contributed by atoms with van der Waals surface area (Å²) in [5, 5.41) is 8.34. The first-order valence-corrected chi connectivity index (χ1v) is 8.70. The molecule has 0 spiro atoms. The van der Waals surface area contributed by atoms with Crippen molar-refractivity contribution in [3.8, 4) is 11.5 Å². The lowest BCUT2D eigenvalue weighted by atomic mass is 10.1. The monoisotopic (exact) mass is 393 g/mol. The number of methoxy groups -OCH3 is 1. The van der Waals surface area contributed by atoms with E-state index in [0.29, 0.717) is 29.5 Å². The van der Waals surface area contributed by atoms with Crippen LogP contribution in [0, 0.1) is 0 Å². The largest absolute Gasteiger partial charge is 0.421 e. The molecule has 1 aliphatic rings. The second kappa shape index (κ2) is 7.64. The molecule has 3 aromatic rings. The second-order valence-electron chi connectivity index (χ2n) is 6.15. The fourth-order valence-electron chi connectivity index (χ4n) is 2.83. The van der Waals surface area contributed by atoms with Crippen LogP contribution in [0.2, 0.25) is 0 Å². The predicted molar refractivity (Wildman–Crippen MR) is 97.7 cm³/mol. The molecule has 29 heavy (non-hydrogen) atoms. The minimum atomic E-state index is -0.861. The molecule has 0 aliphatic carbocycles. The number of rotatable bonds is 6. The highest BCUT2D eigenvalue weighted by molar-refractivity contribution is 6.21. The molecule has 2 amide bonds. The molecule has 146 valence electrons. The molecule has 2 aromatic carbocycles. The van der Waals surface area contributed by atoms with Crippen molar-refractivity contribution in [3.63, 3.8) is 0 Å². The summed E-state index contributed by atoms with van der Waals surface area (Å²) < 4.78 is 10.5. The van der Waals surface area contributed by atoms with Crippen LogP contribution in [0.25, 0.3) is 11.5 Å². The van der Waals surface area contributed by atoms with Gasteiger partial charge in [-0.3, -0.25) is 9.59 Å². The van der Waals surface area contributed by atoms with Gasteiger partial charge in [-0.1, -0.05) is 23.3 Å². The average Bonchev–Trinajstić information content (AvgIpc) is 3.32. The first kappa shape index (κ1) is 18.5. The highest BCUT2D eigenvalue weighted by Crippen LogP contribution is 2.24. The number of imide groups is 1. The zero-order chi connectivity index (χ0) is 20.4. The SMILES string of the molecule is COCCc1nnc(-c2cccc(C(=O)ON3C(=O)c4ccccc4C3=O)c2)o1. The van der Waals surface area contributed by atoms with Gasteiger partial charge in [-0.2, -0.15) is 0 Å². The Morgan fingerprint density at radius 3 is 2.45 bits per heavy atom. The number of nitrogens with zero attached hydrogens (tertiary/aromatic N) is 3. The number of hydrogen-bond acceptors (Lipinski definition) is 8. The van der Waals surface area contributed by atoms with Gasteiger partial charge in [-0.15, -0.1) is 10.2 Å². The van der Waals surface area contributed by atoms with Gasteiger partial charge in [0.25, 0.3) is 11.8 Å². The molecule has 1 aliphatic heterocycles. The zero-order valence-corrected chi connectivity index (χ0v) is 15.3. The Balaban J connectivity index is 1.52. The minimum absolute atomic E-state index is 0.121. The smallest absolute Gasteiger partial charge is 0.363 e. The molecule has 0 fully saturated rings. The van der Waals surface area contributed by atoms with Crippen molar-refractivity contribution >= 4 is 17.8 Å². The van der Waals surface area contributed by atoms with Gasteiger partial charge in [-0.25, -0.2) is 4.79 Å². The lowest BCUT2D eigenvalue weighted by Gasteiger charge is -2.12. The molecule has 4 rings (SSSR count). The summed E-state index contributed by atoms with van der Waals surface area (Å²) in [6.45, 7) is 0.439. The maximum atomic E-state index is 12.5. The highest BCUT2D eigenvalue weighted by Gasteiger charge is 2.38. The molecular weight excluding hydrogens is 378 g/mol. The molecule has 0 unspecified atom stereocenters. The van der Waals surface area contributed by atoms with E-state index in [1.54, 1.807) is 31.4 Å². The Labute approximate surface area is 164 Å². The van der Waals surface area contributed by atoms with Crippen molar-refractivity contribution in [1.82, 2.24) is 15.3 Å². The third-order valence-corrected chi connectivity index (χ3v) is 4.26. The molecule has 2 heterocycles. The first-order valence-electron chi connectivity index (χ1n) is 8.70. The molecule has 0 bridgehead atoms. The quantitative estimate of drug-likeness (QED) is 0.587. The highest BCUT2D eigenvalue weighted by atomic mass is 16.7. The van der Waals surface area contributed by atoms with Gasteiger partial charge in [-0.05, 0) is 30.3 Å². The number of fused-ring (bicyclic) bond motifs is 1. The van der Waals surface area contributed by atoms with Crippen LogP contribution in [-0.4, -0.2) is 46.8 Å². The third-order valence-electron chi connectivity index (χ3n) is 4.26. The van der Waals surface area contributed by atoms with Crippen molar-refractivity contribution in [2.75, 3.05) is 13.7 Å². The number of carbonyl (C=O) groups excluding carboxylic acids is 3. The van der Waals surface area contributed by atoms with E-state index in [0.717, 1.165) is 0 Å². The molecule has 1 aromatic heterocycles. The van der Waals surface area contributed by atoms with E-state index in [2.05, 4.69) is 10.2 Å². The zero-order valence-electron chi connectivity index (χ0n) is 15.3. The summed E-state index contributed by atoms with van der Waals surface area (Å²) in [5.41, 5.74) is 0.996. The Morgan fingerprint density at radius 2 is 1.76 bits per heavy atom. The summed E-state index contributed by atoms with van der Waals surface area (Å²) in [7, 11) is 1.57. The van der Waals surface area contributed by atoms with Gasteiger partial charge >= 0.3 is 5.97 Å². The van der Waals surface area contributed by atoms with Gasteiger partial charge in [0, 0.05) is 19.1 Å². The second-order valence-corrected chi connectivity index (χ2v) is 6.15. The lowest BCUT2D eigenvalue weighted by Crippen LogP contribution is -2.32. The molecule has 0 atom stereocenters. The van der Waals surface area contributed by atoms with Crippen LogP contribution in [-0.2, 0) is 16.0 Å². The van der Waals surface area contributed by atoms with Crippen LogP contribution in [0.1, 0.15) is 37.0 Å². The average molecular weight is 393 g/mol. The van der Waals surface area contributed by atoms with Crippen molar-refractivity contribution in [1.29, 1.82) is 0 Å². The Hall–Kier alpha value is -3.85. The summed E-state index contributed by atoms with van der Waals surface area (Å²) in [6.07, 6.45) is 0.463. The van der Waals surface area contributed by atoms with Crippen LogP contribution >= 0.6 is 0 Å². The topological polar surface area (TPSA) is 112 Å². The van der Waals surface area contributed by atoms with Crippen LogP contribution < -0.4 is 0 Å². The first-order chi connectivity index (χ1) is 14.1. The normalized spacial score (nSPS) is 12.9. The van der Waals surface area contributed by atoms with Gasteiger partial charge < -0.3 is 14.0 Å². The van der Waals surface area contributed by atoms with E-state index in [1.807, 2.05) is 0 Å². The maximum Gasteiger partial charge on any atom is 0.363 e. The standard InChI is InChI=1S/C20H15N3O6/c1-27-10-9-16-21-22-17(28-16)12-5-4-6-13(11-12)20(26)29-23-18(24)14-7-2-3-8-15(14)19(23)25/h2-8,11H,9-10H2,1H3. The molecule has 0 saturated heterocycles. The van der Waals surface area contributed by atoms with Gasteiger partial charge in [0.2, 0.25) is 11.8 Å². The summed E-state index contributed by atoms with van der Waals surface area (Å²) >= 11 is 0. The van der Waals surface area contributed by atoms with Crippen LogP contribution in [0.5, 0.6) is 0 Å². The number of amides is 2. The van der Waals surface area contributed by atoms with E-state index < -0.39 is 17.8 Å². The molecule has 9 heteroatoms. The van der Waals surface area contributed by atoms with Crippen LogP contribution in [0.4, 0.5) is 0 Å². The van der Waals surface area contributed by atoms with E-state index in [4.69, 9.17) is 14.0 Å². The number of hydroxylamine groups is 2. The molecular formula is C20H15N3O6. The number of hydrogen-bond donors (Lipinski definition) is 0. The van der Waals surface area contributed by atoms with E-state index >= 15 is 0 Å².